The van der Waals surface area contributed by atoms with Crippen LogP contribution in [0, 0.1) is 6.92 Å². The number of anilines is 1. The van der Waals surface area contributed by atoms with E-state index < -0.39 is 10.0 Å². The molecular formula is C22H24ClN3O3S. The topological polar surface area (TPSA) is 87.6 Å². The summed E-state index contributed by atoms with van der Waals surface area (Å²) in [7, 11) is -3.80. The van der Waals surface area contributed by atoms with Gasteiger partial charge < -0.3 is 5.32 Å². The Hall–Kier alpha value is -2.90. The number of aliphatic imine (C=N–C) groups is 1. The highest BCUT2D eigenvalue weighted by Crippen LogP contribution is 2.23. The summed E-state index contributed by atoms with van der Waals surface area (Å²) in [5, 5.41) is 3.25. The molecule has 0 atom stereocenters. The fourth-order valence-corrected chi connectivity index (χ4v) is 3.81. The normalized spacial score (nSPS) is 12.0. The highest BCUT2D eigenvalue weighted by atomic mass is 35.5. The Morgan fingerprint density at radius 2 is 1.90 bits per heavy atom. The molecule has 0 unspecified atom stereocenters. The zero-order valence-corrected chi connectivity index (χ0v) is 18.4. The Balaban J connectivity index is 2.00. The summed E-state index contributed by atoms with van der Waals surface area (Å²) in [6, 6.07) is 10.7. The van der Waals surface area contributed by atoms with E-state index in [1.807, 2.05) is 13.0 Å². The number of nitrogens with zero attached hydrogens (tertiary/aromatic N) is 1. The minimum Gasteiger partial charge on any atom is -0.352 e. The molecule has 2 aromatic rings. The van der Waals surface area contributed by atoms with Crippen LogP contribution in [0.1, 0.15) is 29.3 Å². The molecule has 0 spiro atoms. The number of nitrogens with one attached hydrogen (secondary N) is 2. The smallest absolute Gasteiger partial charge is 0.261 e. The Morgan fingerprint density at radius 3 is 2.57 bits per heavy atom. The average Bonchev–Trinajstić information content (AvgIpc) is 2.71. The number of benzene rings is 2. The van der Waals surface area contributed by atoms with E-state index in [1.54, 1.807) is 37.4 Å². The van der Waals surface area contributed by atoms with Crippen molar-refractivity contribution in [1.82, 2.24) is 5.32 Å². The maximum Gasteiger partial charge on any atom is 0.261 e. The lowest BCUT2D eigenvalue weighted by molar-refractivity contribution is 0.0954. The molecule has 6 nitrogen and oxygen atoms in total. The molecular weight excluding hydrogens is 422 g/mol. The molecule has 0 saturated carbocycles. The zero-order valence-electron chi connectivity index (χ0n) is 16.9. The van der Waals surface area contributed by atoms with E-state index >= 15 is 0 Å². The molecule has 158 valence electrons. The molecule has 0 aliphatic rings. The lowest BCUT2D eigenvalue weighted by Crippen LogP contribution is -2.24. The summed E-state index contributed by atoms with van der Waals surface area (Å²) in [6.07, 6.45) is 5.94. The highest BCUT2D eigenvalue weighted by molar-refractivity contribution is 7.92. The number of hydrogen-bond donors (Lipinski definition) is 2. The standard InChI is InChI=1S/C22H24ClN3O3S/c1-16(5-4-13-24-3)12-14-25-22(27)18-7-10-20(11-8-18)30(28,29)26-21-15-19(23)9-6-17(21)2/h4-11,13,15,26H,3,12,14H2,1-2H3,(H,25,27)/b13-4-,16-5+. The molecule has 2 aromatic carbocycles. The van der Waals surface area contributed by atoms with Crippen LogP contribution in [0.15, 0.2) is 76.3 Å². The first kappa shape index (κ1) is 23.4. The fourth-order valence-electron chi connectivity index (χ4n) is 2.52. The largest absolute Gasteiger partial charge is 0.352 e. The molecule has 0 bridgehead atoms. The van der Waals surface area contributed by atoms with Gasteiger partial charge in [-0.1, -0.05) is 29.3 Å². The number of carbonyl (C=O) groups is 1. The predicted octanol–water partition coefficient (Wildman–Crippen LogP) is 4.73. The first-order valence-electron chi connectivity index (χ1n) is 9.18. The van der Waals surface area contributed by atoms with Crippen molar-refractivity contribution in [3.05, 3.63) is 82.5 Å². The lowest BCUT2D eigenvalue weighted by atomic mass is 10.2. The number of amides is 1. The number of rotatable bonds is 9. The van der Waals surface area contributed by atoms with Gasteiger partial charge in [0.25, 0.3) is 15.9 Å². The maximum atomic E-state index is 12.6. The van der Waals surface area contributed by atoms with Gasteiger partial charge in [0.1, 0.15) is 0 Å². The average molecular weight is 446 g/mol. The van der Waals surface area contributed by atoms with Crippen molar-refractivity contribution < 1.29 is 13.2 Å². The van der Waals surface area contributed by atoms with Crippen LogP contribution in [0.2, 0.25) is 5.02 Å². The summed E-state index contributed by atoms with van der Waals surface area (Å²) in [6.45, 7) is 7.56. The Kier molecular flexibility index (Phi) is 8.38. The van der Waals surface area contributed by atoms with Crippen molar-refractivity contribution in [2.24, 2.45) is 4.99 Å². The second kappa shape index (κ2) is 10.8. The van der Waals surface area contributed by atoms with Crippen LogP contribution in [-0.2, 0) is 10.0 Å². The Morgan fingerprint density at radius 1 is 1.20 bits per heavy atom. The van der Waals surface area contributed by atoms with Crippen molar-refractivity contribution >= 4 is 39.9 Å². The molecule has 0 aromatic heterocycles. The van der Waals surface area contributed by atoms with Crippen molar-refractivity contribution in [2.75, 3.05) is 11.3 Å². The number of aryl methyl sites for hydroxylation is 1. The van der Waals surface area contributed by atoms with Crippen molar-refractivity contribution in [3.8, 4) is 0 Å². The minimum absolute atomic E-state index is 0.0554. The third kappa shape index (κ3) is 6.86. The molecule has 0 aliphatic carbocycles. The van der Waals surface area contributed by atoms with Gasteiger partial charge in [0.2, 0.25) is 0 Å². The van der Waals surface area contributed by atoms with Gasteiger partial charge in [-0.3, -0.25) is 14.5 Å². The predicted molar refractivity (Wildman–Crippen MR) is 123 cm³/mol. The molecule has 2 rings (SSSR count). The lowest BCUT2D eigenvalue weighted by Gasteiger charge is -2.11. The summed E-state index contributed by atoms with van der Waals surface area (Å²) >= 11 is 5.95. The molecule has 2 N–H and O–H groups in total. The number of carbonyl (C=O) groups excluding carboxylic acids is 1. The Bertz CT molecular complexity index is 1080. The van der Waals surface area contributed by atoms with Gasteiger partial charge in [-0.15, -0.1) is 0 Å². The second-order valence-electron chi connectivity index (χ2n) is 6.63. The van der Waals surface area contributed by atoms with Gasteiger partial charge in [-0.2, -0.15) is 0 Å². The number of sulfonamides is 1. The van der Waals surface area contributed by atoms with Crippen LogP contribution < -0.4 is 10.0 Å². The molecule has 0 heterocycles. The van der Waals surface area contributed by atoms with Crippen LogP contribution in [-0.4, -0.2) is 27.6 Å². The Labute approximate surface area is 182 Å². The highest BCUT2D eigenvalue weighted by Gasteiger charge is 2.16. The molecule has 1 amide bonds. The third-order valence-electron chi connectivity index (χ3n) is 4.25. The summed E-state index contributed by atoms with van der Waals surface area (Å²) in [5.74, 6) is -0.270. The van der Waals surface area contributed by atoms with E-state index in [4.69, 9.17) is 11.6 Å². The number of hydrogen-bond acceptors (Lipinski definition) is 4. The molecule has 0 radical (unpaired) electrons. The van der Waals surface area contributed by atoms with Gasteiger partial charge in [0, 0.05) is 23.3 Å². The fraction of sp³-hybridized carbons (Fsp3) is 0.182. The van der Waals surface area contributed by atoms with E-state index in [0.29, 0.717) is 29.2 Å². The van der Waals surface area contributed by atoms with Crippen molar-refractivity contribution in [2.45, 2.75) is 25.2 Å². The van der Waals surface area contributed by atoms with Crippen molar-refractivity contribution in [3.63, 3.8) is 0 Å². The van der Waals surface area contributed by atoms with E-state index in [0.717, 1.165) is 11.1 Å². The maximum absolute atomic E-state index is 12.6. The first-order chi connectivity index (χ1) is 14.2. The van der Waals surface area contributed by atoms with E-state index in [-0.39, 0.29) is 10.8 Å². The van der Waals surface area contributed by atoms with Crippen LogP contribution in [0.3, 0.4) is 0 Å². The third-order valence-corrected chi connectivity index (χ3v) is 5.86. The van der Waals surface area contributed by atoms with Crippen LogP contribution in [0.25, 0.3) is 0 Å². The van der Waals surface area contributed by atoms with E-state index in [9.17, 15) is 13.2 Å². The molecule has 30 heavy (non-hydrogen) atoms. The van der Waals surface area contributed by atoms with Crippen molar-refractivity contribution in [1.29, 1.82) is 0 Å². The van der Waals surface area contributed by atoms with Gasteiger partial charge in [0.15, 0.2) is 0 Å². The summed E-state index contributed by atoms with van der Waals surface area (Å²) in [4.78, 5) is 15.9. The molecule has 0 saturated heterocycles. The summed E-state index contributed by atoms with van der Waals surface area (Å²) in [5.41, 5.74) is 2.62. The van der Waals surface area contributed by atoms with Gasteiger partial charge in [-0.25, -0.2) is 8.42 Å². The molecule has 0 aliphatic heterocycles. The van der Waals surface area contributed by atoms with Gasteiger partial charge >= 0.3 is 0 Å². The van der Waals surface area contributed by atoms with E-state index in [2.05, 4.69) is 21.7 Å². The monoisotopic (exact) mass is 445 g/mol. The first-order valence-corrected chi connectivity index (χ1v) is 11.0. The zero-order chi connectivity index (χ0) is 22.1. The molecule has 0 fully saturated rings. The second-order valence-corrected chi connectivity index (χ2v) is 8.75. The van der Waals surface area contributed by atoms with Crippen LogP contribution in [0.4, 0.5) is 5.69 Å². The van der Waals surface area contributed by atoms with Gasteiger partial charge in [-0.05, 0) is 75.0 Å². The quantitative estimate of drug-likeness (QED) is 0.432. The summed E-state index contributed by atoms with van der Waals surface area (Å²) < 4.78 is 27.8. The number of halogens is 1. The number of allylic oxidation sites excluding steroid dienone is 2. The van der Waals surface area contributed by atoms with E-state index in [1.165, 1.54) is 24.3 Å². The SMILES string of the molecule is C=N/C=C\C=C(/C)CCNC(=O)c1ccc(S(=O)(=O)Nc2cc(Cl)ccc2C)cc1. The minimum atomic E-state index is -3.80. The van der Waals surface area contributed by atoms with Crippen LogP contribution >= 0.6 is 11.6 Å². The van der Waals surface area contributed by atoms with Gasteiger partial charge in [0.05, 0.1) is 10.6 Å². The molecule has 8 heteroatoms. The van der Waals surface area contributed by atoms with Crippen LogP contribution in [0.5, 0.6) is 0 Å².